The summed E-state index contributed by atoms with van der Waals surface area (Å²) in [7, 11) is 0. The second-order valence-electron chi connectivity index (χ2n) is 5.80. The molecule has 0 spiro atoms. The molecule has 0 aliphatic carbocycles. The lowest BCUT2D eigenvalue weighted by molar-refractivity contribution is 0.529. The van der Waals surface area contributed by atoms with Crippen LogP contribution in [0, 0.1) is 6.92 Å². The summed E-state index contributed by atoms with van der Waals surface area (Å²) < 4.78 is 0. The van der Waals surface area contributed by atoms with Crippen molar-refractivity contribution < 1.29 is 0 Å². The zero-order valence-electron chi connectivity index (χ0n) is 13.5. The van der Waals surface area contributed by atoms with E-state index in [0.29, 0.717) is 6.04 Å². The normalized spacial score (nSPS) is 12.3. The molecule has 2 aromatic rings. The maximum atomic E-state index is 3.70. The third kappa shape index (κ3) is 4.71. The van der Waals surface area contributed by atoms with Gasteiger partial charge in [0.25, 0.3) is 0 Å². The fourth-order valence-corrected chi connectivity index (χ4v) is 2.73. The maximum absolute atomic E-state index is 3.70. The van der Waals surface area contributed by atoms with E-state index in [9.17, 15) is 0 Å². The van der Waals surface area contributed by atoms with Crippen molar-refractivity contribution in [3.63, 3.8) is 0 Å². The lowest BCUT2D eigenvalue weighted by Gasteiger charge is -2.20. The van der Waals surface area contributed by atoms with Gasteiger partial charge in [0.15, 0.2) is 0 Å². The van der Waals surface area contributed by atoms with Gasteiger partial charge in [-0.25, -0.2) is 0 Å². The summed E-state index contributed by atoms with van der Waals surface area (Å²) in [5, 5.41) is 3.70. The van der Waals surface area contributed by atoms with Crippen molar-refractivity contribution >= 4 is 0 Å². The van der Waals surface area contributed by atoms with E-state index in [0.717, 1.165) is 25.8 Å². The topological polar surface area (TPSA) is 12.0 Å². The number of nitrogens with one attached hydrogen (secondary N) is 1. The Hall–Kier alpha value is -1.60. The molecule has 1 heteroatoms. The van der Waals surface area contributed by atoms with Gasteiger partial charge in [-0.05, 0) is 49.4 Å². The van der Waals surface area contributed by atoms with Gasteiger partial charge < -0.3 is 5.32 Å². The van der Waals surface area contributed by atoms with Crippen LogP contribution in [0.25, 0.3) is 0 Å². The Morgan fingerprint density at radius 3 is 2.43 bits per heavy atom. The van der Waals surface area contributed by atoms with Crippen molar-refractivity contribution in [2.75, 3.05) is 6.54 Å². The van der Waals surface area contributed by atoms with Crippen LogP contribution in [0.5, 0.6) is 0 Å². The third-order valence-electron chi connectivity index (χ3n) is 3.92. The van der Waals surface area contributed by atoms with Crippen LogP contribution in [0.4, 0.5) is 0 Å². The van der Waals surface area contributed by atoms with E-state index >= 15 is 0 Å². The summed E-state index contributed by atoms with van der Waals surface area (Å²) in [5.74, 6) is 0. The number of aryl methyl sites for hydroxylation is 2. The fourth-order valence-electron chi connectivity index (χ4n) is 2.73. The Labute approximate surface area is 129 Å². The van der Waals surface area contributed by atoms with Crippen LogP contribution in [0.1, 0.15) is 48.6 Å². The molecule has 0 amide bonds. The second-order valence-corrected chi connectivity index (χ2v) is 5.80. The van der Waals surface area contributed by atoms with Crippen molar-refractivity contribution in [1.29, 1.82) is 0 Å². The van der Waals surface area contributed by atoms with Crippen LogP contribution >= 0.6 is 0 Å². The largest absolute Gasteiger partial charge is 0.310 e. The number of rotatable bonds is 7. The average Bonchev–Trinajstić information content (AvgIpc) is 2.51. The molecule has 112 valence electrons. The summed E-state index contributed by atoms with van der Waals surface area (Å²) in [6.45, 7) is 7.66. The molecule has 0 aliphatic rings. The van der Waals surface area contributed by atoms with Crippen molar-refractivity contribution in [2.45, 2.75) is 46.1 Å². The summed E-state index contributed by atoms with van der Waals surface area (Å²) >= 11 is 0. The summed E-state index contributed by atoms with van der Waals surface area (Å²) in [6.07, 6.45) is 3.31. The Kier molecular flexibility index (Phi) is 6.01. The highest BCUT2D eigenvalue weighted by Gasteiger charge is 2.12. The minimum atomic E-state index is 0.401. The van der Waals surface area contributed by atoms with Crippen LogP contribution in [0.15, 0.2) is 48.5 Å². The molecule has 0 saturated heterocycles. The first-order valence-corrected chi connectivity index (χ1v) is 8.10. The van der Waals surface area contributed by atoms with Gasteiger partial charge in [-0.15, -0.1) is 0 Å². The van der Waals surface area contributed by atoms with Gasteiger partial charge in [0.2, 0.25) is 0 Å². The van der Waals surface area contributed by atoms with Crippen LogP contribution in [-0.4, -0.2) is 6.54 Å². The van der Waals surface area contributed by atoms with Gasteiger partial charge in [0.1, 0.15) is 0 Å². The second kappa shape index (κ2) is 7.99. The maximum Gasteiger partial charge on any atom is 0.0360 e. The minimum Gasteiger partial charge on any atom is -0.310 e. The van der Waals surface area contributed by atoms with Crippen molar-refractivity contribution in [3.05, 3.63) is 70.8 Å². The van der Waals surface area contributed by atoms with E-state index < -0.39 is 0 Å². The molecule has 0 heterocycles. The van der Waals surface area contributed by atoms with Gasteiger partial charge in [-0.2, -0.15) is 0 Å². The summed E-state index contributed by atoms with van der Waals surface area (Å²) in [4.78, 5) is 0. The molecule has 0 aliphatic heterocycles. The Balaban J connectivity index is 2.20. The van der Waals surface area contributed by atoms with Crippen LogP contribution in [0.3, 0.4) is 0 Å². The SMILES string of the molecule is CCCNC(Cc1cccc(C)c1)c1cccc(CC)c1. The molecule has 2 rings (SSSR count). The lowest BCUT2D eigenvalue weighted by atomic mass is 9.96. The highest BCUT2D eigenvalue weighted by molar-refractivity contribution is 5.29. The first-order chi connectivity index (χ1) is 10.2. The van der Waals surface area contributed by atoms with Crippen LogP contribution in [0.2, 0.25) is 0 Å². The predicted molar refractivity (Wildman–Crippen MR) is 91.7 cm³/mol. The first kappa shape index (κ1) is 15.8. The van der Waals surface area contributed by atoms with E-state index in [4.69, 9.17) is 0 Å². The fraction of sp³-hybridized carbons (Fsp3) is 0.400. The monoisotopic (exact) mass is 281 g/mol. The van der Waals surface area contributed by atoms with Crippen molar-refractivity contribution in [2.24, 2.45) is 0 Å². The third-order valence-corrected chi connectivity index (χ3v) is 3.92. The molecule has 1 N–H and O–H groups in total. The molecule has 2 aromatic carbocycles. The summed E-state index contributed by atoms with van der Waals surface area (Å²) in [5.41, 5.74) is 5.57. The minimum absolute atomic E-state index is 0.401. The molecular formula is C20H27N. The molecule has 21 heavy (non-hydrogen) atoms. The smallest absolute Gasteiger partial charge is 0.0360 e. The van der Waals surface area contributed by atoms with E-state index in [1.807, 2.05) is 0 Å². The zero-order chi connectivity index (χ0) is 15.1. The van der Waals surface area contributed by atoms with E-state index in [2.05, 4.69) is 74.6 Å². The molecule has 0 saturated carbocycles. The number of hydrogen-bond acceptors (Lipinski definition) is 1. The molecule has 0 fully saturated rings. The quantitative estimate of drug-likeness (QED) is 0.765. The number of benzene rings is 2. The van der Waals surface area contributed by atoms with Gasteiger partial charge in [-0.3, -0.25) is 0 Å². The molecule has 0 bridgehead atoms. The van der Waals surface area contributed by atoms with E-state index in [1.54, 1.807) is 0 Å². The van der Waals surface area contributed by atoms with E-state index in [1.165, 1.54) is 22.3 Å². The van der Waals surface area contributed by atoms with Crippen LogP contribution < -0.4 is 5.32 Å². The summed E-state index contributed by atoms with van der Waals surface area (Å²) in [6, 6.07) is 18.3. The molecular weight excluding hydrogens is 254 g/mol. The van der Waals surface area contributed by atoms with Gasteiger partial charge in [0, 0.05) is 6.04 Å². The van der Waals surface area contributed by atoms with Crippen LogP contribution in [-0.2, 0) is 12.8 Å². The molecule has 0 radical (unpaired) electrons. The Morgan fingerprint density at radius 1 is 0.952 bits per heavy atom. The van der Waals surface area contributed by atoms with Gasteiger partial charge in [-0.1, -0.05) is 67.9 Å². The average molecular weight is 281 g/mol. The Bertz CT molecular complexity index is 559. The molecule has 0 aromatic heterocycles. The standard InChI is InChI=1S/C20H27N/c1-4-12-21-20(15-18-10-6-8-16(3)13-18)19-11-7-9-17(5-2)14-19/h6-11,13-14,20-21H,4-5,12,15H2,1-3H3. The Morgan fingerprint density at radius 2 is 1.71 bits per heavy atom. The molecule has 1 unspecified atom stereocenters. The highest BCUT2D eigenvalue weighted by atomic mass is 14.9. The first-order valence-electron chi connectivity index (χ1n) is 8.10. The highest BCUT2D eigenvalue weighted by Crippen LogP contribution is 2.20. The number of hydrogen-bond donors (Lipinski definition) is 1. The molecule has 1 nitrogen and oxygen atoms in total. The van der Waals surface area contributed by atoms with Gasteiger partial charge >= 0.3 is 0 Å². The van der Waals surface area contributed by atoms with E-state index in [-0.39, 0.29) is 0 Å². The lowest BCUT2D eigenvalue weighted by Crippen LogP contribution is -2.24. The van der Waals surface area contributed by atoms with Crippen molar-refractivity contribution in [1.82, 2.24) is 5.32 Å². The van der Waals surface area contributed by atoms with Gasteiger partial charge in [0.05, 0.1) is 0 Å². The predicted octanol–water partition coefficient (Wildman–Crippen LogP) is 4.84. The zero-order valence-corrected chi connectivity index (χ0v) is 13.5. The molecule has 1 atom stereocenters. The van der Waals surface area contributed by atoms with Crippen molar-refractivity contribution in [3.8, 4) is 0 Å².